The smallest absolute Gasteiger partial charge is 0.165 e. The molecule has 4 N–H and O–H groups in total. The minimum Gasteiger partial charge on any atom is -0.505 e. The van der Waals surface area contributed by atoms with E-state index in [1.54, 1.807) is 24.3 Å². The van der Waals surface area contributed by atoms with E-state index in [2.05, 4.69) is 0 Å². The number of rotatable bonds is 7. The lowest BCUT2D eigenvalue weighted by Crippen LogP contribution is -2.09. The first kappa shape index (κ1) is 28.8. The quantitative estimate of drug-likeness (QED) is 0.174. The summed E-state index contributed by atoms with van der Waals surface area (Å²) in [7, 11) is 0. The third-order valence-corrected chi connectivity index (χ3v) is 7.46. The zero-order chi connectivity index (χ0) is 29.5. The number of aromatic hydroxyl groups is 4. The molecule has 0 unspecified atom stereocenters. The molecule has 0 radical (unpaired) electrons. The molecule has 0 heterocycles. The van der Waals surface area contributed by atoms with Gasteiger partial charge in [0.15, 0.2) is 46.3 Å². The highest BCUT2D eigenvalue weighted by Gasteiger charge is 2.25. The van der Waals surface area contributed by atoms with Crippen LogP contribution in [0.4, 0.5) is 17.6 Å². The molecule has 0 bridgehead atoms. The van der Waals surface area contributed by atoms with Crippen molar-refractivity contribution < 1.29 is 38.0 Å². The Morgan fingerprint density at radius 2 is 0.625 bits per heavy atom. The molecule has 4 aromatic carbocycles. The summed E-state index contributed by atoms with van der Waals surface area (Å²) in [6, 6.07) is 11.0. The number of phenolic OH excluding ortho intramolecular Hbond substituents is 4. The predicted octanol–water partition coefficient (Wildman–Crippen LogP) is 8.04. The summed E-state index contributed by atoms with van der Waals surface area (Å²) in [6.45, 7) is 6.14. The lowest BCUT2D eigenvalue weighted by molar-refractivity contribution is 0.424. The van der Waals surface area contributed by atoms with E-state index in [-0.39, 0.29) is 35.1 Å². The Morgan fingerprint density at radius 3 is 0.800 bits per heavy atom. The second-order valence-corrected chi connectivity index (χ2v) is 10.4. The van der Waals surface area contributed by atoms with Crippen molar-refractivity contribution in [1.29, 1.82) is 0 Å². The average Bonchev–Trinajstić information content (AvgIpc) is 2.89. The van der Waals surface area contributed by atoms with Gasteiger partial charge < -0.3 is 20.4 Å². The van der Waals surface area contributed by atoms with Gasteiger partial charge in [-0.1, -0.05) is 24.3 Å². The molecule has 0 spiro atoms. The van der Waals surface area contributed by atoms with Gasteiger partial charge in [0.1, 0.15) is 0 Å². The summed E-state index contributed by atoms with van der Waals surface area (Å²) >= 11 is 0. The van der Waals surface area contributed by atoms with E-state index in [9.17, 15) is 38.0 Å². The summed E-state index contributed by atoms with van der Waals surface area (Å²) in [5.74, 6) is -6.65. The molecular weight excluding hydrogens is 524 g/mol. The molecule has 4 nitrogen and oxygen atoms in total. The van der Waals surface area contributed by atoms with Crippen LogP contribution in [0, 0.1) is 51.0 Å². The first-order valence-electron chi connectivity index (χ1n) is 12.7. The molecule has 0 atom stereocenters. The van der Waals surface area contributed by atoms with Crippen molar-refractivity contribution in [1.82, 2.24) is 0 Å². The minimum absolute atomic E-state index is 0.237. The van der Waals surface area contributed by atoms with Crippen LogP contribution in [0.15, 0.2) is 48.5 Å². The number of hydrogen-bond donors (Lipinski definition) is 4. The van der Waals surface area contributed by atoms with Crippen molar-refractivity contribution >= 4 is 0 Å². The Balaban J connectivity index is 1.85. The maximum atomic E-state index is 14.6. The third kappa shape index (κ3) is 5.57. The van der Waals surface area contributed by atoms with Crippen LogP contribution in [-0.4, -0.2) is 20.4 Å². The van der Waals surface area contributed by atoms with E-state index in [1.807, 2.05) is 0 Å². The van der Waals surface area contributed by atoms with Crippen LogP contribution >= 0.6 is 0 Å². The minimum atomic E-state index is -0.847. The molecular formula is C32H30F4O4. The highest BCUT2D eigenvalue weighted by Crippen LogP contribution is 2.41. The van der Waals surface area contributed by atoms with Gasteiger partial charge in [-0.2, -0.15) is 0 Å². The monoisotopic (exact) mass is 554 g/mol. The molecule has 4 aromatic rings. The van der Waals surface area contributed by atoms with Gasteiger partial charge in [-0.15, -0.1) is 0 Å². The standard InChI is InChI=1S/C32H30F4O4/c1-15-7-19(11-25(33)29(15)37)23(20-8-16(2)30(38)26(34)12-20)5-6-24(21-9-17(3)31(39)27(35)13-21)22-10-18(4)32(40)28(36)14-22/h7-14,23-24,37-40H,5-6H2,1-4H3. The van der Waals surface area contributed by atoms with Crippen molar-refractivity contribution in [2.75, 3.05) is 0 Å². The molecule has 0 aliphatic carbocycles. The van der Waals surface area contributed by atoms with Crippen molar-refractivity contribution in [2.24, 2.45) is 0 Å². The molecule has 0 saturated heterocycles. The average molecular weight is 555 g/mol. The van der Waals surface area contributed by atoms with E-state index < -0.39 is 58.1 Å². The predicted molar refractivity (Wildman–Crippen MR) is 144 cm³/mol. The van der Waals surface area contributed by atoms with Crippen molar-refractivity contribution in [3.8, 4) is 23.0 Å². The Kier molecular flexibility index (Phi) is 8.00. The van der Waals surface area contributed by atoms with Gasteiger partial charge in [0.25, 0.3) is 0 Å². The van der Waals surface area contributed by atoms with E-state index in [1.165, 1.54) is 27.7 Å². The third-order valence-electron chi connectivity index (χ3n) is 7.46. The van der Waals surface area contributed by atoms with E-state index >= 15 is 0 Å². The molecule has 0 aromatic heterocycles. The van der Waals surface area contributed by atoms with Crippen LogP contribution in [0.25, 0.3) is 0 Å². The molecule has 0 aliphatic heterocycles. The molecule has 210 valence electrons. The van der Waals surface area contributed by atoms with Crippen LogP contribution in [0.1, 0.15) is 69.2 Å². The second-order valence-electron chi connectivity index (χ2n) is 10.4. The fourth-order valence-corrected chi connectivity index (χ4v) is 5.24. The zero-order valence-corrected chi connectivity index (χ0v) is 22.5. The Hall–Kier alpha value is -4.20. The Bertz CT molecular complexity index is 1270. The number of halogens is 4. The largest absolute Gasteiger partial charge is 0.505 e. The molecule has 0 saturated carbocycles. The maximum absolute atomic E-state index is 14.6. The SMILES string of the molecule is Cc1cc(C(CCC(c2cc(C)c(O)c(F)c2)c2cc(C)c(O)c(F)c2)c2cc(C)c(O)c(F)c2)cc(F)c1O. The van der Waals surface area contributed by atoms with E-state index in [4.69, 9.17) is 0 Å². The van der Waals surface area contributed by atoms with E-state index in [0.29, 0.717) is 22.3 Å². The summed E-state index contributed by atoms with van der Waals surface area (Å²) in [4.78, 5) is 0. The van der Waals surface area contributed by atoms with Gasteiger partial charge in [0.05, 0.1) is 0 Å². The summed E-state index contributed by atoms with van der Waals surface area (Å²) < 4.78 is 58.5. The van der Waals surface area contributed by atoms with Crippen molar-refractivity contribution in [3.05, 3.63) is 116 Å². The topological polar surface area (TPSA) is 80.9 Å². The van der Waals surface area contributed by atoms with Gasteiger partial charge >= 0.3 is 0 Å². The molecule has 0 amide bonds. The molecule has 8 heteroatoms. The molecule has 4 rings (SSSR count). The van der Waals surface area contributed by atoms with Crippen molar-refractivity contribution in [2.45, 2.75) is 52.4 Å². The lowest BCUT2D eigenvalue weighted by Gasteiger charge is -2.25. The van der Waals surface area contributed by atoms with Crippen LogP contribution in [0.2, 0.25) is 0 Å². The summed E-state index contributed by atoms with van der Waals surface area (Å²) in [6.07, 6.45) is 0.474. The van der Waals surface area contributed by atoms with Gasteiger partial charge in [-0.05, 0) is 109 Å². The Morgan fingerprint density at radius 1 is 0.425 bits per heavy atom. The zero-order valence-electron chi connectivity index (χ0n) is 22.5. The number of hydrogen-bond acceptors (Lipinski definition) is 4. The maximum Gasteiger partial charge on any atom is 0.165 e. The first-order valence-corrected chi connectivity index (χ1v) is 12.7. The molecule has 40 heavy (non-hydrogen) atoms. The number of phenols is 4. The Labute approximate surface area is 229 Å². The normalized spacial score (nSPS) is 11.6. The highest BCUT2D eigenvalue weighted by atomic mass is 19.1. The lowest BCUT2D eigenvalue weighted by atomic mass is 9.79. The highest BCUT2D eigenvalue weighted by molar-refractivity contribution is 5.47. The van der Waals surface area contributed by atoms with Crippen molar-refractivity contribution in [3.63, 3.8) is 0 Å². The van der Waals surface area contributed by atoms with E-state index in [0.717, 1.165) is 24.3 Å². The van der Waals surface area contributed by atoms with Gasteiger partial charge in [-0.3, -0.25) is 0 Å². The van der Waals surface area contributed by atoms with Crippen LogP contribution < -0.4 is 0 Å². The second kappa shape index (κ2) is 11.1. The fraction of sp³-hybridized carbons (Fsp3) is 0.250. The fourth-order valence-electron chi connectivity index (χ4n) is 5.24. The van der Waals surface area contributed by atoms with Gasteiger partial charge in [-0.25, -0.2) is 17.6 Å². The van der Waals surface area contributed by atoms with Crippen LogP contribution in [0.5, 0.6) is 23.0 Å². The van der Waals surface area contributed by atoms with Crippen LogP contribution in [0.3, 0.4) is 0 Å². The molecule has 0 aliphatic rings. The van der Waals surface area contributed by atoms with Gasteiger partial charge in [0.2, 0.25) is 0 Å². The summed E-state index contributed by atoms with van der Waals surface area (Å²) in [5.41, 5.74) is 2.88. The number of aryl methyl sites for hydroxylation is 4. The number of benzene rings is 4. The molecule has 0 fully saturated rings. The van der Waals surface area contributed by atoms with Crippen LogP contribution in [-0.2, 0) is 0 Å². The summed E-state index contributed by atoms with van der Waals surface area (Å²) in [5, 5.41) is 40.0. The first-order chi connectivity index (χ1) is 18.8. The van der Waals surface area contributed by atoms with Gasteiger partial charge in [0, 0.05) is 11.8 Å².